The van der Waals surface area contributed by atoms with Crippen molar-refractivity contribution in [2.45, 2.75) is 25.6 Å². The fraction of sp³-hybridized carbons (Fsp3) is 0.429. The van der Waals surface area contributed by atoms with E-state index in [1.54, 1.807) is 0 Å². The molecule has 1 fully saturated rings. The SMILES string of the molecule is O[C@H]1CCCN(Cn2[nH]c(-c3ccccc3)nc2=S)C1. The van der Waals surface area contributed by atoms with Crippen molar-refractivity contribution in [3.05, 3.63) is 35.1 Å². The highest BCUT2D eigenvalue weighted by molar-refractivity contribution is 7.71. The molecule has 1 aromatic heterocycles. The van der Waals surface area contributed by atoms with E-state index in [-0.39, 0.29) is 6.10 Å². The minimum absolute atomic E-state index is 0.227. The number of rotatable bonds is 3. The lowest BCUT2D eigenvalue weighted by atomic mass is 10.1. The molecule has 0 radical (unpaired) electrons. The van der Waals surface area contributed by atoms with Gasteiger partial charge in [-0.05, 0) is 25.1 Å². The molecule has 1 aliphatic rings. The molecule has 20 heavy (non-hydrogen) atoms. The first-order valence-corrected chi connectivity index (χ1v) is 7.26. The summed E-state index contributed by atoms with van der Waals surface area (Å²) < 4.78 is 2.40. The number of aromatic nitrogens is 3. The zero-order valence-corrected chi connectivity index (χ0v) is 12.0. The predicted octanol–water partition coefficient (Wildman–Crippen LogP) is 2.02. The molecule has 106 valence electrons. The number of benzene rings is 1. The summed E-state index contributed by atoms with van der Waals surface area (Å²) in [6.07, 6.45) is 1.68. The number of likely N-dealkylation sites (tertiary alicyclic amines) is 1. The lowest BCUT2D eigenvalue weighted by Gasteiger charge is -2.29. The van der Waals surface area contributed by atoms with E-state index in [2.05, 4.69) is 15.0 Å². The zero-order valence-electron chi connectivity index (χ0n) is 11.2. The maximum atomic E-state index is 9.71. The number of aliphatic hydroxyl groups excluding tert-OH is 1. The Hall–Kier alpha value is -1.50. The van der Waals surface area contributed by atoms with Crippen molar-refractivity contribution in [3.63, 3.8) is 0 Å². The quantitative estimate of drug-likeness (QED) is 0.849. The van der Waals surface area contributed by atoms with Gasteiger partial charge >= 0.3 is 0 Å². The predicted molar refractivity (Wildman–Crippen MR) is 79.7 cm³/mol. The average molecular weight is 290 g/mol. The van der Waals surface area contributed by atoms with Crippen LogP contribution in [0.5, 0.6) is 0 Å². The van der Waals surface area contributed by atoms with Crippen molar-refractivity contribution in [3.8, 4) is 11.4 Å². The van der Waals surface area contributed by atoms with Crippen molar-refractivity contribution in [2.75, 3.05) is 13.1 Å². The van der Waals surface area contributed by atoms with Gasteiger partial charge in [0.05, 0.1) is 12.8 Å². The van der Waals surface area contributed by atoms with E-state index in [0.29, 0.717) is 18.0 Å². The van der Waals surface area contributed by atoms with Crippen molar-refractivity contribution >= 4 is 12.2 Å². The summed E-state index contributed by atoms with van der Waals surface area (Å²) in [5, 5.41) is 12.9. The first kappa shape index (κ1) is 13.5. The summed E-state index contributed by atoms with van der Waals surface area (Å²) >= 11 is 5.30. The smallest absolute Gasteiger partial charge is 0.217 e. The Morgan fingerprint density at radius 3 is 2.90 bits per heavy atom. The normalized spacial score (nSPS) is 20.1. The molecule has 1 saturated heterocycles. The van der Waals surface area contributed by atoms with E-state index in [0.717, 1.165) is 30.8 Å². The zero-order chi connectivity index (χ0) is 13.9. The number of aromatic amines is 1. The molecule has 2 aromatic rings. The third kappa shape index (κ3) is 2.98. The van der Waals surface area contributed by atoms with Crippen molar-refractivity contribution < 1.29 is 5.11 Å². The molecule has 1 atom stereocenters. The molecule has 0 unspecified atom stereocenters. The lowest BCUT2D eigenvalue weighted by Crippen LogP contribution is -2.39. The van der Waals surface area contributed by atoms with E-state index >= 15 is 0 Å². The van der Waals surface area contributed by atoms with Crippen LogP contribution < -0.4 is 0 Å². The van der Waals surface area contributed by atoms with Gasteiger partial charge in [0.25, 0.3) is 0 Å². The summed E-state index contributed by atoms with van der Waals surface area (Å²) in [6, 6.07) is 9.94. The second-order valence-electron chi connectivity index (χ2n) is 5.16. The molecule has 1 aromatic carbocycles. The number of hydrogen-bond donors (Lipinski definition) is 2. The number of hydrogen-bond acceptors (Lipinski definition) is 4. The molecule has 6 heteroatoms. The van der Waals surface area contributed by atoms with Crippen molar-refractivity contribution in [1.29, 1.82) is 0 Å². The molecular weight excluding hydrogens is 272 g/mol. The minimum Gasteiger partial charge on any atom is -0.392 e. The van der Waals surface area contributed by atoms with Crippen LogP contribution in [0.3, 0.4) is 0 Å². The number of β-amino-alcohol motifs (C(OH)–C–C–N with tert-alkyl or cyclic N) is 1. The highest BCUT2D eigenvalue weighted by atomic mass is 32.1. The van der Waals surface area contributed by atoms with Crippen LogP contribution in [0.2, 0.25) is 0 Å². The molecule has 0 bridgehead atoms. The topological polar surface area (TPSA) is 57.1 Å². The largest absolute Gasteiger partial charge is 0.392 e. The summed E-state index contributed by atoms with van der Waals surface area (Å²) in [5.74, 6) is 0.785. The lowest BCUT2D eigenvalue weighted by molar-refractivity contribution is 0.0514. The van der Waals surface area contributed by atoms with Gasteiger partial charge in [-0.15, -0.1) is 0 Å². The molecule has 0 aliphatic carbocycles. The van der Waals surface area contributed by atoms with Gasteiger partial charge < -0.3 is 5.11 Å². The highest BCUT2D eigenvalue weighted by Gasteiger charge is 2.18. The third-order valence-electron chi connectivity index (χ3n) is 3.55. The first-order chi connectivity index (χ1) is 9.72. The number of aliphatic hydroxyl groups is 1. The monoisotopic (exact) mass is 290 g/mol. The fourth-order valence-corrected chi connectivity index (χ4v) is 2.73. The maximum absolute atomic E-state index is 9.71. The van der Waals surface area contributed by atoms with Crippen LogP contribution in [0.4, 0.5) is 0 Å². The van der Waals surface area contributed by atoms with Crippen molar-refractivity contribution in [2.24, 2.45) is 0 Å². The van der Waals surface area contributed by atoms with Gasteiger partial charge in [0.2, 0.25) is 4.77 Å². The van der Waals surface area contributed by atoms with Crippen molar-refractivity contribution in [1.82, 2.24) is 19.7 Å². The summed E-state index contributed by atoms with van der Waals surface area (Å²) in [6.45, 7) is 2.33. The molecule has 2 N–H and O–H groups in total. The van der Waals surface area contributed by atoms with E-state index in [4.69, 9.17) is 12.2 Å². The van der Waals surface area contributed by atoms with Crippen LogP contribution >= 0.6 is 12.2 Å². The van der Waals surface area contributed by atoms with Crippen LogP contribution in [0.1, 0.15) is 12.8 Å². The molecule has 1 aliphatic heterocycles. The molecule has 0 spiro atoms. The number of nitrogens with zero attached hydrogens (tertiary/aromatic N) is 3. The third-order valence-corrected chi connectivity index (χ3v) is 3.86. The molecule has 3 rings (SSSR count). The van der Waals surface area contributed by atoms with Gasteiger partial charge in [0, 0.05) is 18.7 Å². The summed E-state index contributed by atoms with van der Waals surface area (Å²) in [5.41, 5.74) is 1.02. The Kier molecular flexibility index (Phi) is 3.95. The Morgan fingerprint density at radius 2 is 2.15 bits per heavy atom. The van der Waals surface area contributed by atoms with E-state index in [1.165, 1.54) is 0 Å². The van der Waals surface area contributed by atoms with Gasteiger partial charge in [-0.1, -0.05) is 30.3 Å². The van der Waals surface area contributed by atoms with Gasteiger partial charge in [0.15, 0.2) is 5.82 Å². The standard InChI is InChI=1S/C14H18N4OS/c19-12-7-4-8-17(9-12)10-18-14(20)15-13(16-18)11-5-2-1-3-6-11/h1-3,5-6,12,19H,4,7-10H2,(H,15,16,20)/t12-/m0/s1. The van der Waals surface area contributed by atoms with E-state index in [1.807, 2.05) is 35.0 Å². The number of H-pyrrole nitrogens is 1. The molecule has 5 nitrogen and oxygen atoms in total. The van der Waals surface area contributed by atoms with Gasteiger partial charge in [-0.25, -0.2) is 4.68 Å². The fourth-order valence-electron chi connectivity index (χ4n) is 2.54. The second-order valence-corrected chi connectivity index (χ2v) is 5.53. The Morgan fingerprint density at radius 1 is 1.35 bits per heavy atom. The van der Waals surface area contributed by atoms with E-state index < -0.39 is 0 Å². The van der Waals surface area contributed by atoms with Gasteiger partial charge in [0.1, 0.15) is 0 Å². The van der Waals surface area contributed by atoms with Crippen LogP contribution in [0.25, 0.3) is 11.4 Å². The van der Waals surface area contributed by atoms with Gasteiger partial charge in [-0.2, -0.15) is 4.98 Å². The molecular formula is C14H18N4OS. The molecule has 0 amide bonds. The maximum Gasteiger partial charge on any atom is 0.217 e. The minimum atomic E-state index is -0.227. The Labute approximate surface area is 122 Å². The highest BCUT2D eigenvalue weighted by Crippen LogP contribution is 2.15. The summed E-state index contributed by atoms with van der Waals surface area (Å²) in [7, 11) is 0. The van der Waals surface area contributed by atoms with Crippen LogP contribution in [0.15, 0.2) is 30.3 Å². The van der Waals surface area contributed by atoms with E-state index in [9.17, 15) is 5.11 Å². The first-order valence-electron chi connectivity index (χ1n) is 6.85. The summed E-state index contributed by atoms with van der Waals surface area (Å²) in [4.78, 5) is 6.59. The van der Waals surface area contributed by atoms with Gasteiger partial charge in [-0.3, -0.25) is 10.00 Å². The molecule has 0 saturated carbocycles. The van der Waals surface area contributed by atoms with Crippen LogP contribution in [-0.2, 0) is 6.67 Å². The number of piperidine rings is 1. The van der Waals surface area contributed by atoms with Crippen LogP contribution in [-0.4, -0.2) is 44.0 Å². The van der Waals surface area contributed by atoms with Crippen LogP contribution in [0, 0.1) is 4.77 Å². The Bertz CT molecular complexity index is 622. The Balaban J connectivity index is 1.78. The molecule has 2 heterocycles. The number of nitrogens with one attached hydrogen (secondary N) is 1. The average Bonchev–Trinajstić information content (AvgIpc) is 2.81. The second kappa shape index (κ2) is 5.87.